The normalized spacial score (nSPS) is 10.2. The van der Waals surface area contributed by atoms with Crippen molar-refractivity contribution in [2.24, 2.45) is 5.92 Å². The molecule has 0 fully saturated rings. The van der Waals surface area contributed by atoms with Gasteiger partial charge in [-0.25, -0.2) is 0 Å². The molecule has 95 valence electrons. The number of nitrogens with zero attached hydrogens (tertiary/aromatic N) is 1. The van der Waals surface area contributed by atoms with Crippen molar-refractivity contribution in [3.63, 3.8) is 0 Å². The van der Waals surface area contributed by atoms with Crippen LogP contribution >= 0.6 is 0 Å². The highest BCUT2D eigenvalue weighted by Gasteiger charge is 2.17. The van der Waals surface area contributed by atoms with Gasteiger partial charge >= 0.3 is 13.4 Å². The fourth-order valence-electron chi connectivity index (χ4n) is 1.38. The molecule has 1 radical (unpaired) electrons. The summed E-state index contributed by atoms with van der Waals surface area (Å²) in [6.45, 7) is 3.57. The highest BCUT2D eigenvalue weighted by atomic mass is 16.6. The maximum Gasteiger partial charge on any atom is 0.569 e. The van der Waals surface area contributed by atoms with Crippen LogP contribution in [0.4, 0.5) is 5.69 Å². The van der Waals surface area contributed by atoms with Crippen LogP contribution in [0.2, 0.25) is 0 Å². The molecule has 0 amide bonds. The van der Waals surface area contributed by atoms with E-state index in [2.05, 4.69) is 4.65 Å². The molecule has 0 spiro atoms. The highest BCUT2D eigenvalue weighted by Crippen LogP contribution is 2.28. The molecule has 1 rings (SSSR count). The van der Waals surface area contributed by atoms with Gasteiger partial charge in [0.05, 0.1) is 4.92 Å². The lowest BCUT2D eigenvalue weighted by molar-refractivity contribution is -0.385. The van der Waals surface area contributed by atoms with Gasteiger partial charge in [-0.05, 0) is 11.6 Å². The molecule has 18 heavy (non-hydrogen) atoms. The molecule has 0 heterocycles. The minimum Gasteiger partial charge on any atom is -0.533 e. The van der Waals surface area contributed by atoms with E-state index in [1.54, 1.807) is 13.8 Å². The van der Waals surface area contributed by atoms with Crippen LogP contribution in [0.15, 0.2) is 18.2 Å². The van der Waals surface area contributed by atoms with Gasteiger partial charge < -0.3 is 9.68 Å². The number of carbonyl (C=O) groups excluding carboxylic acids is 1. The van der Waals surface area contributed by atoms with Gasteiger partial charge in [-0.3, -0.25) is 14.9 Å². The van der Waals surface area contributed by atoms with Gasteiger partial charge in [0.2, 0.25) is 0 Å². The molecule has 0 atom stereocenters. The molecule has 0 aliphatic carbocycles. The van der Waals surface area contributed by atoms with E-state index in [-0.39, 0.29) is 29.6 Å². The van der Waals surface area contributed by atoms with Gasteiger partial charge in [-0.1, -0.05) is 19.9 Å². The molecular formula is C11H13BNO5. The summed E-state index contributed by atoms with van der Waals surface area (Å²) in [7, 11) is 0.371. The number of rotatable bonds is 6. The summed E-state index contributed by atoms with van der Waals surface area (Å²) in [6.07, 6.45) is 0.178. The number of carbonyl (C=O) groups is 1. The van der Waals surface area contributed by atoms with Gasteiger partial charge in [-0.15, -0.1) is 0 Å². The summed E-state index contributed by atoms with van der Waals surface area (Å²) in [6, 6.07) is 4.13. The first-order valence-electron chi connectivity index (χ1n) is 5.38. The second-order valence-electron chi connectivity index (χ2n) is 4.08. The molecule has 1 aromatic carbocycles. The number of hydrogen-bond donors (Lipinski definition) is 1. The quantitative estimate of drug-likeness (QED) is 0.466. The Morgan fingerprint density at radius 2 is 2.22 bits per heavy atom. The Hall–Kier alpha value is -1.89. The van der Waals surface area contributed by atoms with Crippen LogP contribution in [0.5, 0.6) is 5.75 Å². The van der Waals surface area contributed by atoms with E-state index >= 15 is 0 Å². The molecule has 0 saturated carbocycles. The summed E-state index contributed by atoms with van der Waals surface area (Å²) < 4.78 is 4.66. The third-order valence-electron chi connectivity index (χ3n) is 2.42. The Morgan fingerprint density at radius 3 is 2.72 bits per heavy atom. The smallest absolute Gasteiger partial charge is 0.533 e. The molecule has 1 aromatic rings. The van der Waals surface area contributed by atoms with E-state index in [1.807, 2.05) is 0 Å². The van der Waals surface area contributed by atoms with E-state index in [9.17, 15) is 14.9 Å². The van der Waals surface area contributed by atoms with Gasteiger partial charge in [0.25, 0.3) is 0 Å². The highest BCUT2D eigenvalue weighted by molar-refractivity contribution is 6.17. The van der Waals surface area contributed by atoms with E-state index < -0.39 is 4.92 Å². The maximum atomic E-state index is 11.6. The predicted molar refractivity (Wildman–Crippen MR) is 65.2 cm³/mol. The van der Waals surface area contributed by atoms with Crippen LogP contribution < -0.4 is 4.65 Å². The molecular weight excluding hydrogens is 237 g/mol. The van der Waals surface area contributed by atoms with Crippen molar-refractivity contribution < 1.29 is 19.4 Å². The van der Waals surface area contributed by atoms with Crippen molar-refractivity contribution in [2.45, 2.75) is 20.3 Å². The summed E-state index contributed by atoms with van der Waals surface area (Å²) >= 11 is 0. The SMILES string of the molecule is CC(C)C(=O)Cc1ccc([N+](=O)[O-])c(O[B]O)c1. The van der Waals surface area contributed by atoms with E-state index in [0.29, 0.717) is 13.2 Å². The second kappa shape index (κ2) is 6.16. The Bertz CT molecular complexity index is 461. The van der Waals surface area contributed by atoms with Gasteiger partial charge in [0.1, 0.15) is 5.78 Å². The fraction of sp³-hybridized carbons (Fsp3) is 0.364. The standard InChI is InChI=1S/C11H13BNO5/c1-7(2)10(14)5-8-3-4-9(13(16)17)11(6-8)18-12-15/h3-4,6-7,15H,5H2,1-2H3. The van der Waals surface area contributed by atoms with Crippen molar-refractivity contribution in [2.75, 3.05) is 0 Å². The average molecular weight is 250 g/mol. The molecule has 0 saturated heterocycles. The summed E-state index contributed by atoms with van der Waals surface area (Å²) in [5.41, 5.74) is 0.345. The van der Waals surface area contributed by atoms with Crippen molar-refractivity contribution in [1.82, 2.24) is 0 Å². The van der Waals surface area contributed by atoms with Crippen molar-refractivity contribution in [3.05, 3.63) is 33.9 Å². The molecule has 0 aliphatic heterocycles. The van der Waals surface area contributed by atoms with Crippen molar-refractivity contribution in [1.29, 1.82) is 0 Å². The number of benzene rings is 1. The lowest BCUT2D eigenvalue weighted by Gasteiger charge is -2.07. The van der Waals surface area contributed by atoms with Gasteiger partial charge in [-0.2, -0.15) is 0 Å². The Morgan fingerprint density at radius 1 is 1.56 bits per heavy atom. The van der Waals surface area contributed by atoms with E-state index in [0.717, 1.165) is 0 Å². The Kier molecular flexibility index (Phi) is 4.85. The monoisotopic (exact) mass is 250 g/mol. The lowest BCUT2D eigenvalue weighted by Crippen LogP contribution is -2.11. The molecule has 0 unspecified atom stereocenters. The zero-order valence-corrected chi connectivity index (χ0v) is 10.1. The van der Waals surface area contributed by atoms with Crippen LogP contribution in [0.1, 0.15) is 19.4 Å². The zero-order valence-electron chi connectivity index (χ0n) is 10.1. The van der Waals surface area contributed by atoms with Crippen LogP contribution in [0.25, 0.3) is 0 Å². The van der Waals surface area contributed by atoms with Gasteiger partial charge in [0, 0.05) is 18.4 Å². The third kappa shape index (κ3) is 3.56. The molecule has 0 aliphatic rings. The minimum absolute atomic E-state index is 0.0304. The molecule has 0 bridgehead atoms. The number of ketones is 1. The Balaban J connectivity index is 2.99. The first-order chi connectivity index (χ1) is 8.45. The average Bonchev–Trinajstić information content (AvgIpc) is 2.29. The lowest BCUT2D eigenvalue weighted by atomic mass is 10.0. The number of Topliss-reactive ketones (excluding diaryl/α,β-unsaturated/α-hetero) is 1. The molecule has 7 heteroatoms. The molecule has 6 nitrogen and oxygen atoms in total. The number of nitro benzene ring substituents is 1. The van der Waals surface area contributed by atoms with Crippen LogP contribution in [-0.2, 0) is 11.2 Å². The second-order valence-corrected chi connectivity index (χ2v) is 4.08. The van der Waals surface area contributed by atoms with E-state index in [1.165, 1.54) is 18.2 Å². The predicted octanol–water partition coefficient (Wildman–Crippen LogP) is 1.27. The zero-order chi connectivity index (χ0) is 13.7. The molecule has 1 N–H and O–H groups in total. The first kappa shape index (κ1) is 14.2. The number of hydrogen-bond acceptors (Lipinski definition) is 5. The topological polar surface area (TPSA) is 89.7 Å². The van der Waals surface area contributed by atoms with E-state index in [4.69, 9.17) is 5.02 Å². The summed E-state index contributed by atoms with van der Waals surface area (Å²) in [5.74, 6) is -0.159. The summed E-state index contributed by atoms with van der Waals surface area (Å²) in [5, 5.41) is 19.3. The largest absolute Gasteiger partial charge is 0.569 e. The Labute approximate surface area is 105 Å². The van der Waals surface area contributed by atoms with Crippen LogP contribution in [0.3, 0.4) is 0 Å². The number of nitro groups is 1. The maximum absolute atomic E-state index is 11.6. The van der Waals surface area contributed by atoms with Crippen LogP contribution in [-0.4, -0.2) is 23.4 Å². The van der Waals surface area contributed by atoms with Crippen molar-refractivity contribution in [3.8, 4) is 5.75 Å². The fourth-order valence-corrected chi connectivity index (χ4v) is 1.38. The van der Waals surface area contributed by atoms with Gasteiger partial charge in [0.15, 0.2) is 5.75 Å². The molecule has 0 aromatic heterocycles. The third-order valence-corrected chi connectivity index (χ3v) is 2.42. The van der Waals surface area contributed by atoms with Crippen LogP contribution in [0, 0.1) is 16.0 Å². The van der Waals surface area contributed by atoms with Crippen molar-refractivity contribution >= 4 is 19.2 Å². The first-order valence-corrected chi connectivity index (χ1v) is 5.38. The summed E-state index contributed by atoms with van der Waals surface area (Å²) in [4.78, 5) is 21.7. The minimum atomic E-state index is -0.618.